The van der Waals surface area contributed by atoms with Crippen molar-refractivity contribution in [1.29, 1.82) is 5.41 Å². The van der Waals surface area contributed by atoms with Gasteiger partial charge in [-0.1, -0.05) is 12.1 Å². The molecule has 16 heavy (non-hydrogen) atoms. The Morgan fingerprint density at radius 3 is 2.62 bits per heavy atom. The molecular formula is C13H19N3. The quantitative estimate of drug-likeness (QED) is 0.590. The van der Waals surface area contributed by atoms with Crippen LogP contribution in [0.4, 0.5) is 5.69 Å². The van der Waals surface area contributed by atoms with E-state index in [9.17, 15) is 0 Å². The van der Waals surface area contributed by atoms with Crippen LogP contribution in [0.1, 0.15) is 32.3 Å². The number of benzene rings is 1. The zero-order valence-electron chi connectivity index (χ0n) is 9.96. The molecule has 0 unspecified atom stereocenters. The van der Waals surface area contributed by atoms with Gasteiger partial charge < -0.3 is 10.6 Å². The van der Waals surface area contributed by atoms with Gasteiger partial charge in [0.15, 0.2) is 0 Å². The Kier molecular flexibility index (Phi) is 2.62. The predicted octanol–water partition coefficient (Wildman–Crippen LogP) is 2.35. The van der Waals surface area contributed by atoms with Gasteiger partial charge in [-0.2, -0.15) is 0 Å². The van der Waals surface area contributed by atoms with Crippen LogP contribution in [0.15, 0.2) is 24.3 Å². The van der Waals surface area contributed by atoms with Crippen molar-refractivity contribution in [3.05, 3.63) is 29.8 Å². The maximum Gasteiger partial charge on any atom is 0.124 e. The van der Waals surface area contributed by atoms with E-state index in [1.165, 1.54) is 12.8 Å². The number of hydrogen-bond donors (Lipinski definition) is 2. The van der Waals surface area contributed by atoms with Crippen molar-refractivity contribution in [1.82, 2.24) is 0 Å². The molecule has 0 radical (unpaired) electrons. The summed E-state index contributed by atoms with van der Waals surface area (Å²) in [5.41, 5.74) is 7.74. The van der Waals surface area contributed by atoms with Crippen LogP contribution in [-0.2, 0) is 0 Å². The normalized spacial score (nSPS) is 18.8. The Morgan fingerprint density at radius 2 is 2.06 bits per heavy atom. The van der Waals surface area contributed by atoms with E-state index in [2.05, 4.69) is 24.8 Å². The lowest BCUT2D eigenvalue weighted by molar-refractivity contribution is 0.518. The van der Waals surface area contributed by atoms with Gasteiger partial charge in [-0.15, -0.1) is 0 Å². The van der Waals surface area contributed by atoms with Crippen molar-refractivity contribution in [2.75, 3.05) is 11.4 Å². The summed E-state index contributed by atoms with van der Waals surface area (Å²) in [6.07, 6.45) is 2.40. The third kappa shape index (κ3) is 1.77. The van der Waals surface area contributed by atoms with Crippen molar-refractivity contribution < 1.29 is 0 Å². The van der Waals surface area contributed by atoms with E-state index in [1.54, 1.807) is 0 Å². The summed E-state index contributed by atoms with van der Waals surface area (Å²) in [6.45, 7) is 5.55. The lowest BCUT2D eigenvalue weighted by atomic mass is 10.0. The summed E-state index contributed by atoms with van der Waals surface area (Å²) < 4.78 is 0. The smallest absolute Gasteiger partial charge is 0.124 e. The number of nitrogens with one attached hydrogen (secondary N) is 1. The third-order valence-electron chi connectivity index (χ3n) is 3.39. The Hall–Kier alpha value is -1.51. The second-order valence-electron chi connectivity index (χ2n) is 5.00. The Bertz CT molecular complexity index is 409. The molecule has 1 aliphatic heterocycles. The monoisotopic (exact) mass is 217 g/mol. The molecule has 0 amide bonds. The molecule has 0 atom stereocenters. The first kappa shape index (κ1) is 11.0. The fraction of sp³-hybridized carbons (Fsp3) is 0.462. The molecule has 1 fully saturated rings. The van der Waals surface area contributed by atoms with Gasteiger partial charge in [0.2, 0.25) is 0 Å². The van der Waals surface area contributed by atoms with Crippen LogP contribution in [0, 0.1) is 5.41 Å². The van der Waals surface area contributed by atoms with Gasteiger partial charge in [-0.25, -0.2) is 0 Å². The maximum atomic E-state index is 7.62. The maximum absolute atomic E-state index is 7.62. The first-order chi connectivity index (χ1) is 7.52. The van der Waals surface area contributed by atoms with E-state index in [1.807, 2.05) is 18.2 Å². The zero-order valence-corrected chi connectivity index (χ0v) is 9.96. The molecule has 0 saturated carbocycles. The largest absolute Gasteiger partial charge is 0.384 e. The highest BCUT2D eigenvalue weighted by Crippen LogP contribution is 2.35. The summed E-state index contributed by atoms with van der Waals surface area (Å²) in [4.78, 5) is 2.36. The number of rotatable bonds is 2. The van der Waals surface area contributed by atoms with E-state index in [4.69, 9.17) is 11.1 Å². The molecule has 3 nitrogen and oxygen atoms in total. The number of hydrogen-bond acceptors (Lipinski definition) is 2. The van der Waals surface area contributed by atoms with Crippen LogP contribution in [0.5, 0.6) is 0 Å². The molecule has 0 aromatic heterocycles. The predicted molar refractivity (Wildman–Crippen MR) is 68.1 cm³/mol. The minimum Gasteiger partial charge on any atom is -0.384 e. The number of amidine groups is 1. The standard InChI is InChI=1S/C13H19N3/c1-13(2)8-5-9-16(13)11-7-4-3-6-10(11)12(14)15/h3-4,6-7H,5,8-9H2,1-2H3,(H3,14,15). The average molecular weight is 217 g/mol. The zero-order chi connectivity index (χ0) is 11.8. The van der Waals surface area contributed by atoms with E-state index in [0.29, 0.717) is 0 Å². The number of nitrogen functional groups attached to an aromatic ring is 1. The summed E-state index contributed by atoms with van der Waals surface area (Å²) in [6, 6.07) is 7.93. The SMILES string of the molecule is CC1(C)CCCN1c1ccccc1C(=N)N. The number of nitrogens with two attached hydrogens (primary N) is 1. The van der Waals surface area contributed by atoms with Gasteiger partial charge in [0.25, 0.3) is 0 Å². The van der Waals surface area contributed by atoms with E-state index in [-0.39, 0.29) is 11.4 Å². The van der Waals surface area contributed by atoms with Crippen molar-refractivity contribution in [3.8, 4) is 0 Å². The molecule has 0 bridgehead atoms. The molecule has 1 saturated heterocycles. The molecular weight excluding hydrogens is 198 g/mol. The Morgan fingerprint density at radius 1 is 1.38 bits per heavy atom. The van der Waals surface area contributed by atoms with Gasteiger partial charge in [0.1, 0.15) is 5.84 Å². The van der Waals surface area contributed by atoms with Crippen molar-refractivity contribution in [2.24, 2.45) is 5.73 Å². The lowest BCUT2D eigenvalue weighted by Gasteiger charge is -2.35. The van der Waals surface area contributed by atoms with Crippen LogP contribution >= 0.6 is 0 Å². The summed E-state index contributed by atoms with van der Waals surface area (Å²) in [5.74, 6) is 0.151. The molecule has 0 aliphatic carbocycles. The van der Waals surface area contributed by atoms with E-state index < -0.39 is 0 Å². The summed E-state index contributed by atoms with van der Waals surface area (Å²) in [7, 11) is 0. The topological polar surface area (TPSA) is 53.1 Å². The average Bonchev–Trinajstić information content (AvgIpc) is 2.58. The van der Waals surface area contributed by atoms with Gasteiger partial charge >= 0.3 is 0 Å². The van der Waals surface area contributed by atoms with Crippen molar-refractivity contribution in [2.45, 2.75) is 32.2 Å². The minimum absolute atomic E-state index is 0.151. The van der Waals surface area contributed by atoms with Gasteiger partial charge in [0.05, 0.1) is 0 Å². The molecule has 3 heteroatoms. The van der Waals surface area contributed by atoms with Crippen LogP contribution in [0.2, 0.25) is 0 Å². The third-order valence-corrected chi connectivity index (χ3v) is 3.39. The Labute approximate surface area is 96.8 Å². The number of anilines is 1. The number of para-hydroxylation sites is 1. The van der Waals surface area contributed by atoms with Crippen molar-refractivity contribution in [3.63, 3.8) is 0 Å². The van der Waals surface area contributed by atoms with E-state index in [0.717, 1.165) is 17.8 Å². The molecule has 1 aromatic rings. The molecule has 2 rings (SSSR count). The van der Waals surface area contributed by atoms with Gasteiger partial charge in [-0.3, -0.25) is 5.41 Å². The van der Waals surface area contributed by atoms with E-state index >= 15 is 0 Å². The van der Waals surface area contributed by atoms with Crippen LogP contribution in [0.3, 0.4) is 0 Å². The second-order valence-corrected chi connectivity index (χ2v) is 5.00. The highest BCUT2D eigenvalue weighted by atomic mass is 15.2. The molecule has 1 heterocycles. The molecule has 1 aromatic carbocycles. The second kappa shape index (κ2) is 3.81. The van der Waals surface area contributed by atoms with Gasteiger partial charge in [-0.05, 0) is 38.8 Å². The summed E-state index contributed by atoms with van der Waals surface area (Å²) >= 11 is 0. The van der Waals surface area contributed by atoms with Crippen LogP contribution in [-0.4, -0.2) is 17.9 Å². The van der Waals surface area contributed by atoms with Crippen LogP contribution < -0.4 is 10.6 Å². The summed E-state index contributed by atoms with van der Waals surface area (Å²) in [5, 5.41) is 7.62. The first-order valence-electron chi connectivity index (χ1n) is 5.73. The van der Waals surface area contributed by atoms with Crippen molar-refractivity contribution >= 4 is 11.5 Å². The van der Waals surface area contributed by atoms with Gasteiger partial charge in [0, 0.05) is 23.3 Å². The minimum atomic E-state index is 0.151. The lowest BCUT2D eigenvalue weighted by Crippen LogP contribution is -2.39. The molecule has 86 valence electrons. The Balaban J connectivity index is 2.44. The fourth-order valence-electron chi connectivity index (χ4n) is 2.49. The molecule has 0 spiro atoms. The highest BCUT2D eigenvalue weighted by Gasteiger charge is 2.33. The highest BCUT2D eigenvalue weighted by molar-refractivity contribution is 6.00. The number of nitrogens with zero attached hydrogens (tertiary/aromatic N) is 1. The fourth-order valence-corrected chi connectivity index (χ4v) is 2.49. The van der Waals surface area contributed by atoms with Crippen LogP contribution in [0.25, 0.3) is 0 Å². The molecule has 1 aliphatic rings. The first-order valence-corrected chi connectivity index (χ1v) is 5.73. The molecule has 3 N–H and O–H groups in total.